The van der Waals surface area contributed by atoms with Crippen molar-refractivity contribution >= 4 is 17.6 Å². The monoisotopic (exact) mass is 385 g/mol. The summed E-state index contributed by atoms with van der Waals surface area (Å²) < 4.78 is 0. The number of carbonyl (C=O) groups excluding carboxylic acids is 3. The number of Topliss-reactive ketones (excluding diaryl/α,β-unsaturated/α-hetero) is 1. The molecule has 0 bridgehead atoms. The Morgan fingerprint density at radius 2 is 1.19 bits per heavy atom. The van der Waals surface area contributed by atoms with Crippen LogP contribution in [0.3, 0.4) is 0 Å². The molecule has 0 aromatic carbocycles. The van der Waals surface area contributed by atoms with E-state index >= 15 is 0 Å². The van der Waals surface area contributed by atoms with Crippen molar-refractivity contribution in [3.8, 4) is 0 Å². The van der Waals surface area contributed by atoms with Crippen LogP contribution < -0.4 is 16.0 Å². The van der Waals surface area contributed by atoms with Gasteiger partial charge in [0.05, 0.1) is 0 Å². The van der Waals surface area contributed by atoms with Gasteiger partial charge in [0.2, 0.25) is 11.8 Å². The zero-order valence-electron chi connectivity index (χ0n) is 17.6. The highest BCUT2D eigenvalue weighted by atomic mass is 16.2. The molecular formula is C19H39N5O3. The molecule has 0 spiro atoms. The molecule has 0 aromatic heterocycles. The van der Waals surface area contributed by atoms with Crippen LogP contribution in [0.25, 0.3) is 0 Å². The molecule has 0 aromatic rings. The highest BCUT2D eigenvalue weighted by Gasteiger charge is 2.13. The third-order valence-corrected chi connectivity index (χ3v) is 4.41. The van der Waals surface area contributed by atoms with E-state index in [1.807, 2.05) is 0 Å². The van der Waals surface area contributed by atoms with Crippen molar-refractivity contribution in [2.24, 2.45) is 0 Å². The zero-order valence-corrected chi connectivity index (χ0v) is 17.6. The van der Waals surface area contributed by atoms with E-state index in [9.17, 15) is 14.4 Å². The second-order valence-electron chi connectivity index (χ2n) is 6.73. The first-order valence-electron chi connectivity index (χ1n) is 9.98. The molecule has 0 rings (SSSR count). The highest BCUT2D eigenvalue weighted by molar-refractivity contribution is 5.76. The van der Waals surface area contributed by atoms with E-state index in [0.29, 0.717) is 32.4 Å². The van der Waals surface area contributed by atoms with Crippen LogP contribution >= 0.6 is 0 Å². The number of nitrogens with one attached hydrogen (secondary N) is 3. The van der Waals surface area contributed by atoms with Crippen molar-refractivity contribution in [3.63, 3.8) is 0 Å². The molecule has 158 valence electrons. The van der Waals surface area contributed by atoms with Crippen molar-refractivity contribution in [1.82, 2.24) is 25.8 Å². The minimum atomic E-state index is -0.00264. The van der Waals surface area contributed by atoms with Gasteiger partial charge in [-0.3, -0.25) is 14.4 Å². The maximum atomic E-state index is 11.6. The Morgan fingerprint density at radius 3 is 1.63 bits per heavy atom. The predicted molar refractivity (Wildman–Crippen MR) is 109 cm³/mol. The summed E-state index contributed by atoms with van der Waals surface area (Å²) in [6, 6.07) is 0. The molecule has 0 aliphatic heterocycles. The number of rotatable bonds is 17. The van der Waals surface area contributed by atoms with Gasteiger partial charge in [-0.2, -0.15) is 0 Å². The molecule has 0 fully saturated rings. The summed E-state index contributed by atoms with van der Waals surface area (Å²) in [6.07, 6.45) is 2.47. The van der Waals surface area contributed by atoms with E-state index in [-0.39, 0.29) is 17.6 Å². The van der Waals surface area contributed by atoms with Gasteiger partial charge in [-0.1, -0.05) is 6.92 Å². The summed E-state index contributed by atoms with van der Waals surface area (Å²) in [5.74, 6) is 0.187. The maximum Gasteiger partial charge on any atom is 0.221 e. The smallest absolute Gasteiger partial charge is 0.221 e. The van der Waals surface area contributed by atoms with Gasteiger partial charge in [-0.25, -0.2) is 0 Å². The van der Waals surface area contributed by atoms with Crippen LogP contribution in [-0.2, 0) is 14.4 Å². The van der Waals surface area contributed by atoms with E-state index < -0.39 is 0 Å². The van der Waals surface area contributed by atoms with Crippen molar-refractivity contribution in [2.75, 3.05) is 66.5 Å². The predicted octanol–water partition coefficient (Wildman–Crippen LogP) is -0.159. The zero-order chi connectivity index (χ0) is 20.5. The molecule has 0 radical (unpaired) electrons. The quantitative estimate of drug-likeness (QED) is 0.301. The lowest BCUT2D eigenvalue weighted by atomic mass is 10.2. The van der Waals surface area contributed by atoms with Crippen molar-refractivity contribution < 1.29 is 14.4 Å². The minimum absolute atomic E-state index is 0.00264. The van der Waals surface area contributed by atoms with E-state index in [1.165, 1.54) is 0 Å². The number of nitrogens with zero attached hydrogens (tertiary/aromatic N) is 2. The lowest BCUT2D eigenvalue weighted by Crippen LogP contribution is -2.41. The van der Waals surface area contributed by atoms with Crippen molar-refractivity contribution in [2.45, 2.75) is 39.5 Å². The summed E-state index contributed by atoms with van der Waals surface area (Å²) in [5, 5.41) is 8.66. The number of ketones is 1. The van der Waals surface area contributed by atoms with Gasteiger partial charge in [0, 0.05) is 79.2 Å². The fraction of sp³-hybridized carbons (Fsp3) is 0.842. The van der Waals surface area contributed by atoms with Gasteiger partial charge < -0.3 is 25.8 Å². The Morgan fingerprint density at radius 1 is 0.704 bits per heavy atom. The average Bonchev–Trinajstić information content (AvgIpc) is 2.66. The van der Waals surface area contributed by atoms with Gasteiger partial charge in [0.25, 0.3) is 0 Å². The Balaban J connectivity index is 4.58. The number of hydrogen-bond acceptors (Lipinski definition) is 6. The summed E-state index contributed by atoms with van der Waals surface area (Å²) in [4.78, 5) is 38.9. The van der Waals surface area contributed by atoms with Crippen LogP contribution in [0.15, 0.2) is 0 Å². The topological polar surface area (TPSA) is 93.8 Å². The third kappa shape index (κ3) is 15.3. The lowest BCUT2D eigenvalue weighted by Gasteiger charge is -2.27. The molecule has 0 saturated carbocycles. The first-order valence-corrected chi connectivity index (χ1v) is 9.98. The summed E-state index contributed by atoms with van der Waals surface area (Å²) in [5.41, 5.74) is 0. The standard InChI is InChI=1S/C19H39N5O3/c1-5-9-22-10-14-24(11-6-17(2)25)16-15-23(12-7-18(26)20-3)13-8-19(27)21-4/h22H,5-16H2,1-4H3,(H,20,26)(H,21,27). The molecular weight excluding hydrogens is 346 g/mol. The summed E-state index contributed by atoms with van der Waals surface area (Å²) in [6.45, 7) is 10.1. The fourth-order valence-electron chi connectivity index (χ4n) is 2.58. The summed E-state index contributed by atoms with van der Waals surface area (Å²) >= 11 is 0. The molecule has 0 atom stereocenters. The molecule has 27 heavy (non-hydrogen) atoms. The van der Waals surface area contributed by atoms with Gasteiger partial charge in [-0.15, -0.1) is 0 Å². The number of carbonyl (C=O) groups is 3. The minimum Gasteiger partial charge on any atom is -0.359 e. The van der Waals surface area contributed by atoms with Crippen LogP contribution in [0.5, 0.6) is 0 Å². The largest absolute Gasteiger partial charge is 0.359 e. The normalized spacial score (nSPS) is 11.0. The fourth-order valence-corrected chi connectivity index (χ4v) is 2.58. The average molecular weight is 386 g/mol. The Labute approximate surface area is 164 Å². The first-order chi connectivity index (χ1) is 12.9. The first kappa shape index (κ1) is 25.5. The maximum absolute atomic E-state index is 11.6. The van der Waals surface area contributed by atoms with E-state index in [0.717, 1.165) is 45.7 Å². The Kier molecular flexibility index (Phi) is 15.7. The van der Waals surface area contributed by atoms with Crippen molar-refractivity contribution in [1.29, 1.82) is 0 Å². The SMILES string of the molecule is CCCNCCN(CCC(C)=O)CCN(CCC(=O)NC)CCC(=O)NC. The molecule has 0 aliphatic rings. The molecule has 0 aliphatic carbocycles. The van der Waals surface area contributed by atoms with Gasteiger partial charge >= 0.3 is 0 Å². The molecule has 0 unspecified atom stereocenters. The number of hydrogen-bond donors (Lipinski definition) is 3. The molecule has 8 heteroatoms. The van der Waals surface area contributed by atoms with Crippen molar-refractivity contribution in [3.05, 3.63) is 0 Å². The second-order valence-corrected chi connectivity index (χ2v) is 6.73. The van der Waals surface area contributed by atoms with Crippen LogP contribution in [0, 0.1) is 0 Å². The van der Waals surface area contributed by atoms with Gasteiger partial charge in [0.15, 0.2) is 0 Å². The van der Waals surface area contributed by atoms with Gasteiger partial charge in [-0.05, 0) is 19.9 Å². The third-order valence-electron chi connectivity index (χ3n) is 4.41. The Bertz CT molecular complexity index is 412. The Hall–Kier alpha value is -1.51. The van der Waals surface area contributed by atoms with Gasteiger partial charge in [0.1, 0.15) is 5.78 Å². The van der Waals surface area contributed by atoms with Crippen LogP contribution in [0.2, 0.25) is 0 Å². The second kappa shape index (κ2) is 16.6. The van der Waals surface area contributed by atoms with Crippen LogP contribution in [0.4, 0.5) is 0 Å². The van der Waals surface area contributed by atoms with E-state index in [2.05, 4.69) is 32.7 Å². The lowest BCUT2D eigenvalue weighted by molar-refractivity contribution is -0.121. The molecule has 3 N–H and O–H groups in total. The van der Waals surface area contributed by atoms with E-state index in [4.69, 9.17) is 0 Å². The molecule has 8 nitrogen and oxygen atoms in total. The van der Waals surface area contributed by atoms with Crippen LogP contribution in [0.1, 0.15) is 39.5 Å². The molecule has 0 heterocycles. The molecule has 0 saturated heterocycles. The highest BCUT2D eigenvalue weighted by Crippen LogP contribution is 1.99. The van der Waals surface area contributed by atoms with Crippen LogP contribution in [-0.4, -0.2) is 93.9 Å². The number of amides is 2. The van der Waals surface area contributed by atoms with E-state index in [1.54, 1.807) is 21.0 Å². The summed E-state index contributed by atoms with van der Waals surface area (Å²) in [7, 11) is 3.26. The molecule has 2 amide bonds.